The molecule has 0 fully saturated rings. The molecule has 210 valence electrons. The molecule has 9 rings (SSSR count). The predicted octanol–water partition coefficient (Wildman–Crippen LogP) is 11.3. The van der Waals surface area contributed by atoms with Crippen LogP contribution in [0.3, 0.4) is 0 Å². The van der Waals surface area contributed by atoms with Gasteiger partial charge in [-0.3, -0.25) is 0 Å². The molecule has 0 aliphatic rings. The third-order valence-electron chi connectivity index (χ3n) is 9.66. The first kappa shape index (κ1) is 25.2. The number of benzene rings is 7. The van der Waals surface area contributed by atoms with Crippen molar-refractivity contribution in [1.29, 1.82) is 0 Å². The summed E-state index contributed by atoms with van der Waals surface area (Å²) in [6, 6.07) is 49.5. The molecule has 0 N–H and O–H groups in total. The fourth-order valence-electron chi connectivity index (χ4n) is 7.73. The van der Waals surface area contributed by atoms with Crippen molar-refractivity contribution in [1.82, 2.24) is 9.13 Å². The Labute approximate surface area is 256 Å². The van der Waals surface area contributed by atoms with Gasteiger partial charge in [-0.2, -0.15) is 0 Å². The van der Waals surface area contributed by atoms with Crippen LogP contribution >= 0.6 is 0 Å². The van der Waals surface area contributed by atoms with E-state index in [1.807, 2.05) is 0 Å². The number of aromatic nitrogens is 2. The molecule has 0 atom stereocenters. The molecule has 7 aromatic carbocycles. The Morgan fingerprint density at radius 1 is 0.341 bits per heavy atom. The third kappa shape index (κ3) is 3.37. The van der Waals surface area contributed by atoms with Crippen LogP contribution in [0.4, 0.5) is 0 Å². The second kappa shape index (κ2) is 9.59. The van der Waals surface area contributed by atoms with Crippen LogP contribution in [0.15, 0.2) is 133 Å². The minimum Gasteiger partial charge on any atom is -0.308 e. The Kier molecular flexibility index (Phi) is 5.49. The molecule has 0 saturated carbocycles. The second-order valence-electron chi connectivity index (χ2n) is 11.9. The smallest absolute Gasteiger partial charge is 0.0620 e. The SMILES string of the molecule is CCc1cc2c(-n3c4ccccc4c4ccccc43)c3ccccc3c(-n3c4ccccc4c4ccccc43)c2cc1CC. The maximum absolute atomic E-state index is 2.52. The quantitative estimate of drug-likeness (QED) is 0.188. The van der Waals surface area contributed by atoms with Crippen molar-refractivity contribution < 1.29 is 0 Å². The summed E-state index contributed by atoms with van der Waals surface area (Å²) in [7, 11) is 0. The van der Waals surface area contributed by atoms with E-state index in [1.54, 1.807) is 0 Å². The molecule has 0 radical (unpaired) electrons. The van der Waals surface area contributed by atoms with Gasteiger partial charge in [0.25, 0.3) is 0 Å². The summed E-state index contributed by atoms with van der Waals surface area (Å²) >= 11 is 0. The van der Waals surface area contributed by atoms with Crippen molar-refractivity contribution in [3.8, 4) is 11.4 Å². The van der Waals surface area contributed by atoms with Crippen LogP contribution in [0.1, 0.15) is 25.0 Å². The number of rotatable bonds is 4. The van der Waals surface area contributed by atoms with Gasteiger partial charge >= 0.3 is 0 Å². The van der Waals surface area contributed by atoms with Crippen LogP contribution in [0.25, 0.3) is 76.5 Å². The molecular weight excluding hydrogens is 532 g/mol. The summed E-state index contributed by atoms with van der Waals surface area (Å²) in [5.41, 5.74) is 10.3. The summed E-state index contributed by atoms with van der Waals surface area (Å²) in [6.45, 7) is 4.57. The van der Waals surface area contributed by atoms with E-state index in [9.17, 15) is 0 Å². The Balaban J connectivity index is 1.57. The Morgan fingerprint density at radius 2 is 0.614 bits per heavy atom. The third-order valence-corrected chi connectivity index (χ3v) is 9.66. The van der Waals surface area contributed by atoms with Crippen molar-refractivity contribution in [3.63, 3.8) is 0 Å². The van der Waals surface area contributed by atoms with Crippen LogP contribution < -0.4 is 0 Å². The first-order valence-corrected chi connectivity index (χ1v) is 15.8. The van der Waals surface area contributed by atoms with E-state index >= 15 is 0 Å². The molecule has 0 bridgehead atoms. The summed E-state index contributed by atoms with van der Waals surface area (Å²) in [5.74, 6) is 0. The monoisotopic (exact) mass is 564 g/mol. The highest BCUT2D eigenvalue weighted by molar-refractivity contribution is 6.20. The number of hydrogen-bond acceptors (Lipinski definition) is 0. The van der Waals surface area contributed by atoms with Gasteiger partial charge in [0.05, 0.1) is 33.4 Å². The van der Waals surface area contributed by atoms with Gasteiger partial charge < -0.3 is 9.13 Å². The number of nitrogens with zero attached hydrogens (tertiary/aromatic N) is 2. The lowest BCUT2D eigenvalue weighted by atomic mass is 9.92. The van der Waals surface area contributed by atoms with Crippen LogP contribution in [0.2, 0.25) is 0 Å². The number of hydrogen-bond donors (Lipinski definition) is 0. The van der Waals surface area contributed by atoms with Gasteiger partial charge in [-0.1, -0.05) is 111 Å². The van der Waals surface area contributed by atoms with Gasteiger partial charge in [0.1, 0.15) is 0 Å². The zero-order chi connectivity index (χ0) is 29.4. The van der Waals surface area contributed by atoms with E-state index in [0.717, 1.165) is 12.8 Å². The van der Waals surface area contributed by atoms with E-state index in [1.165, 1.54) is 87.7 Å². The molecule has 0 aliphatic carbocycles. The van der Waals surface area contributed by atoms with Gasteiger partial charge in [0.15, 0.2) is 0 Å². The van der Waals surface area contributed by atoms with E-state index in [-0.39, 0.29) is 0 Å². The minimum absolute atomic E-state index is 1.00. The molecule has 0 aliphatic heterocycles. The Hall–Kier alpha value is -5.34. The second-order valence-corrected chi connectivity index (χ2v) is 11.9. The Morgan fingerprint density at radius 3 is 0.909 bits per heavy atom. The van der Waals surface area contributed by atoms with Crippen LogP contribution in [0, 0.1) is 0 Å². The molecular formula is C42H32N2. The van der Waals surface area contributed by atoms with Gasteiger partial charge in [-0.15, -0.1) is 0 Å². The van der Waals surface area contributed by atoms with Crippen molar-refractivity contribution in [2.45, 2.75) is 26.7 Å². The van der Waals surface area contributed by atoms with Crippen molar-refractivity contribution >= 4 is 65.2 Å². The highest BCUT2D eigenvalue weighted by atomic mass is 15.0. The molecule has 0 spiro atoms. The highest BCUT2D eigenvalue weighted by Crippen LogP contribution is 2.45. The highest BCUT2D eigenvalue weighted by Gasteiger charge is 2.23. The van der Waals surface area contributed by atoms with Crippen LogP contribution in [0.5, 0.6) is 0 Å². The molecule has 9 aromatic rings. The first-order chi connectivity index (χ1) is 21.8. The fraction of sp³-hybridized carbons (Fsp3) is 0.0952. The standard InChI is InChI=1S/C42H32N2/c1-3-27-25-35-36(26-28(27)4-2)42(44-39-23-13-9-17-31(39)32-18-10-14-24-40(32)44)34-20-6-5-19-33(34)41(35)43-37-21-11-7-15-29(37)30-16-8-12-22-38(30)43/h5-26H,3-4H2,1-2H3. The van der Waals surface area contributed by atoms with E-state index in [4.69, 9.17) is 0 Å². The van der Waals surface area contributed by atoms with E-state index in [2.05, 4.69) is 156 Å². The Bertz CT molecular complexity index is 2290. The van der Waals surface area contributed by atoms with Crippen molar-refractivity contribution in [2.24, 2.45) is 0 Å². The summed E-state index contributed by atoms with van der Waals surface area (Å²) < 4.78 is 5.05. The average Bonchev–Trinajstić information content (AvgIpc) is 3.59. The molecule has 2 heteroatoms. The summed E-state index contributed by atoms with van der Waals surface area (Å²) in [5, 5.41) is 10.2. The molecule has 0 amide bonds. The zero-order valence-electron chi connectivity index (χ0n) is 25.0. The maximum Gasteiger partial charge on any atom is 0.0620 e. The minimum atomic E-state index is 1.00. The average molecular weight is 565 g/mol. The first-order valence-electron chi connectivity index (χ1n) is 15.8. The van der Waals surface area contributed by atoms with Gasteiger partial charge in [-0.05, 0) is 60.4 Å². The lowest BCUT2D eigenvalue weighted by Gasteiger charge is -2.22. The predicted molar refractivity (Wildman–Crippen MR) is 189 cm³/mol. The summed E-state index contributed by atoms with van der Waals surface area (Å²) in [6.07, 6.45) is 2.01. The van der Waals surface area contributed by atoms with Gasteiger partial charge in [-0.25, -0.2) is 0 Å². The maximum atomic E-state index is 2.52. The zero-order valence-corrected chi connectivity index (χ0v) is 25.0. The molecule has 0 unspecified atom stereocenters. The summed E-state index contributed by atoms with van der Waals surface area (Å²) in [4.78, 5) is 0. The molecule has 0 saturated heterocycles. The van der Waals surface area contributed by atoms with Gasteiger partial charge in [0.2, 0.25) is 0 Å². The lowest BCUT2D eigenvalue weighted by Crippen LogP contribution is -2.04. The lowest BCUT2D eigenvalue weighted by molar-refractivity contribution is 1.04. The number of aryl methyl sites for hydroxylation is 2. The van der Waals surface area contributed by atoms with Gasteiger partial charge in [0, 0.05) is 43.1 Å². The molecule has 2 aromatic heterocycles. The molecule has 44 heavy (non-hydrogen) atoms. The van der Waals surface area contributed by atoms with Crippen molar-refractivity contribution in [3.05, 3.63) is 145 Å². The number of para-hydroxylation sites is 4. The van der Waals surface area contributed by atoms with Crippen LogP contribution in [-0.2, 0) is 12.8 Å². The number of fused-ring (bicyclic) bond motifs is 8. The topological polar surface area (TPSA) is 9.86 Å². The largest absolute Gasteiger partial charge is 0.308 e. The van der Waals surface area contributed by atoms with Crippen LogP contribution in [-0.4, -0.2) is 9.13 Å². The van der Waals surface area contributed by atoms with E-state index in [0.29, 0.717) is 0 Å². The van der Waals surface area contributed by atoms with E-state index < -0.39 is 0 Å². The molecule has 2 nitrogen and oxygen atoms in total. The molecule has 2 heterocycles. The van der Waals surface area contributed by atoms with Crippen molar-refractivity contribution in [2.75, 3.05) is 0 Å². The normalized spacial score (nSPS) is 12.0. The fourth-order valence-corrected chi connectivity index (χ4v) is 7.73.